The van der Waals surface area contributed by atoms with Gasteiger partial charge in [0.1, 0.15) is 18.3 Å². The minimum absolute atomic E-state index is 0.0218. The molecule has 10 heteroatoms. The number of methoxy groups -OCH3 is 1. The molecule has 4 rings (SSSR count). The fourth-order valence-electron chi connectivity index (χ4n) is 5.01. The smallest absolute Gasteiger partial charge is 0.264 e. The molecule has 0 bridgehead atoms. The summed E-state index contributed by atoms with van der Waals surface area (Å²) >= 11 is 6.32. The van der Waals surface area contributed by atoms with Crippen LogP contribution in [0.25, 0.3) is 0 Å². The van der Waals surface area contributed by atoms with Gasteiger partial charge < -0.3 is 15.0 Å². The van der Waals surface area contributed by atoms with Gasteiger partial charge in [-0.2, -0.15) is 0 Å². The molecule has 0 saturated carbocycles. The van der Waals surface area contributed by atoms with Crippen molar-refractivity contribution >= 4 is 39.1 Å². The summed E-state index contributed by atoms with van der Waals surface area (Å²) in [7, 11) is -2.81. The molecule has 0 heterocycles. The Hall–Kier alpha value is -4.34. The number of carbonyl (C=O) groups is 2. The summed E-state index contributed by atoms with van der Waals surface area (Å²) in [6.45, 7) is 5.17. The normalized spacial score (nSPS) is 12.5. The zero-order valence-corrected chi connectivity index (χ0v) is 28.1. The van der Waals surface area contributed by atoms with Crippen molar-refractivity contribution in [3.05, 3.63) is 125 Å². The van der Waals surface area contributed by atoms with E-state index in [-0.39, 0.29) is 41.2 Å². The quantitative estimate of drug-likeness (QED) is 0.169. The van der Waals surface area contributed by atoms with E-state index in [1.807, 2.05) is 57.2 Å². The molecule has 2 atom stereocenters. The third-order valence-corrected chi connectivity index (χ3v) is 9.76. The molecule has 0 fully saturated rings. The van der Waals surface area contributed by atoms with E-state index in [1.165, 1.54) is 24.1 Å². The van der Waals surface area contributed by atoms with Crippen molar-refractivity contribution in [2.45, 2.75) is 57.1 Å². The Morgan fingerprint density at radius 3 is 2.20 bits per heavy atom. The highest BCUT2D eigenvalue weighted by molar-refractivity contribution is 7.92. The minimum Gasteiger partial charge on any atom is -0.495 e. The molecule has 0 unspecified atom stereocenters. The van der Waals surface area contributed by atoms with Gasteiger partial charge >= 0.3 is 0 Å². The standard InChI is InChI=1S/C36H40ClN3O5S/c1-5-27(3)38-36(42)33(23-28-12-7-6-8-13-28)39(24-29-14-11-15-30(37)22-29)35(41)25-40(32-16-9-10-17-34(32)45-4)46(43,44)31-20-18-26(2)19-21-31/h6-22,27,33H,5,23-25H2,1-4H3,(H,38,42)/t27-,33-/m0/s1. The summed E-state index contributed by atoms with van der Waals surface area (Å²) in [4.78, 5) is 30.0. The zero-order valence-electron chi connectivity index (χ0n) is 26.5. The van der Waals surface area contributed by atoms with E-state index in [9.17, 15) is 18.0 Å². The average molecular weight is 662 g/mol. The van der Waals surface area contributed by atoms with E-state index in [0.717, 1.165) is 15.4 Å². The molecule has 8 nitrogen and oxygen atoms in total. The van der Waals surface area contributed by atoms with Crippen molar-refractivity contribution in [3.8, 4) is 5.75 Å². The van der Waals surface area contributed by atoms with Crippen LogP contribution in [0.2, 0.25) is 5.02 Å². The lowest BCUT2D eigenvalue weighted by atomic mass is 10.0. The number of anilines is 1. The van der Waals surface area contributed by atoms with Gasteiger partial charge in [-0.3, -0.25) is 13.9 Å². The number of hydrogen-bond acceptors (Lipinski definition) is 5. The number of para-hydroxylation sites is 2. The van der Waals surface area contributed by atoms with Crippen LogP contribution >= 0.6 is 11.6 Å². The summed E-state index contributed by atoms with van der Waals surface area (Å²) in [5.74, 6) is -0.622. The number of aryl methyl sites for hydroxylation is 1. The van der Waals surface area contributed by atoms with Crippen LogP contribution in [-0.2, 0) is 32.6 Å². The molecule has 4 aromatic rings. The number of ether oxygens (including phenoxy) is 1. The van der Waals surface area contributed by atoms with Gasteiger partial charge in [0.25, 0.3) is 10.0 Å². The van der Waals surface area contributed by atoms with E-state index < -0.39 is 28.5 Å². The van der Waals surface area contributed by atoms with Gasteiger partial charge in [-0.15, -0.1) is 0 Å². The SMILES string of the molecule is CC[C@H](C)NC(=O)[C@H](Cc1ccccc1)N(Cc1cccc(Cl)c1)C(=O)CN(c1ccccc1OC)S(=O)(=O)c1ccc(C)cc1. The van der Waals surface area contributed by atoms with Crippen molar-refractivity contribution in [2.24, 2.45) is 0 Å². The summed E-state index contributed by atoms with van der Waals surface area (Å²) in [5, 5.41) is 3.51. The maximum Gasteiger partial charge on any atom is 0.264 e. The van der Waals surface area contributed by atoms with Crippen molar-refractivity contribution in [2.75, 3.05) is 18.0 Å². The van der Waals surface area contributed by atoms with Crippen LogP contribution in [0.1, 0.15) is 37.0 Å². The maximum absolute atomic E-state index is 14.6. The first-order chi connectivity index (χ1) is 22.0. The second kappa shape index (κ2) is 15.8. The first-order valence-corrected chi connectivity index (χ1v) is 17.0. The van der Waals surface area contributed by atoms with Gasteiger partial charge in [0, 0.05) is 24.0 Å². The number of nitrogens with zero attached hydrogens (tertiary/aromatic N) is 2. The molecule has 0 aliphatic rings. The Morgan fingerprint density at radius 1 is 0.891 bits per heavy atom. The van der Waals surface area contributed by atoms with Crippen LogP contribution in [0, 0.1) is 6.92 Å². The number of nitrogens with one attached hydrogen (secondary N) is 1. The van der Waals surface area contributed by atoms with Crippen LogP contribution < -0.4 is 14.4 Å². The molecule has 1 N–H and O–H groups in total. The van der Waals surface area contributed by atoms with Crippen LogP contribution in [0.4, 0.5) is 5.69 Å². The summed E-state index contributed by atoms with van der Waals surface area (Å²) in [5.41, 5.74) is 2.64. The van der Waals surface area contributed by atoms with E-state index in [4.69, 9.17) is 16.3 Å². The van der Waals surface area contributed by atoms with Crippen molar-refractivity contribution in [1.29, 1.82) is 0 Å². The Balaban J connectivity index is 1.84. The average Bonchev–Trinajstić information content (AvgIpc) is 3.05. The zero-order chi connectivity index (χ0) is 33.3. The monoisotopic (exact) mass is 661 g/mol. The molecule has 2 amide bonds. The number of benzene rings is 4. The van der Waals surface area contributed by atoms with Crippen LogP contribution in [0.5, 0.6) is 5.75 Å². The highest BCUT2D eigenvalue weighted by atomic mass is 35.5. The van der Waals surface area contributed by atoms with Crippen LogP contribution in [-0.4, -0.2) is 50.9 Å². The second-order valence-corrected chi connectivity index (χ2v) is 13.5. The second-order valence-electron chi connectivity index (χ2n) is 11.2. The van der Waals surface area contributed by atoms with Crippen LogP contribution in [0.3, 0.4) is 0 Å². The summed E-state index contributed by atoms with van der Waals surface area (Å²) in [6.07, 6.45) is 0.914. The molecule has 0 aliphatic carbocycles. The highest BCUT2D eigenvalue weighted by Crippen LogP contribution is 2.33. The molecule has 0 aliphatic heterocycles. The van der Waals surface area contributed by atoms with E-state index >= 15 is 0 Å². The van der Waals surface area contributed by atoms with E-state index in [0.29, 0.717) is 17.0 Å². The fourth-order valence-corrected chi connectivity index (χ4v) is 6.65. The molecule has 0 saturated heterocycles. The van der Waals surface area contributed by atoms with E-state index in [2.05, 4.69) is 5.32 Å². The van der Waals surface area contributed by atoms with Gasteiger partial charge in [-0.05, 0) is 67.8 Å². The third-order valence-electron chi connectivity index (χ3n) is 7.76. The Labute approximate surface area is 277 Å². The van der Waals surface area contributed by atoms with E-state index in [1.54, 1.807) is 54.6 Å². The van der Waals surface area contributed by atoms with Gasteiger partial charge in [0.2, 0.25) is 11.8 Å². The number of halogens is 1. The first-order valence-electron chi connectivity index (χ1n) is 15.1. The molecule has 0 radical (unpaired) electrons. The fraction of sp³-hybridized carbons (Fsp3) is 0.278. The van der Waals surface area contributed by atoms with Gasteiger partial charge in [0.05, 0.1) is 17.7 Å². The topological polar surface area (TPSA) is 96.0 Å². The summed E-state index contributed by atoms with van der Waals surface area (Å²) < 4.78 is 35.1. The molecule has 0 aromatic heterocycles. The molecule has 242 valence electrons. The number of rotatable bonds is 14. The number of carbonyl (C=O) groups excluding carboxylic acids is 2. The Kier molecular flexibility index (Phi) is 11.8. The van der Waals surface area contributed by atoms with Gasteiger partial charge in [-0.25, -0.2) is 8.42 Å². The third kappa shape index (κ3) is 8.68. The predicted octanol–water partition coefficient (Wildman–Crippen LogP) is 6.41. The first kappa shape index (κ1) is 34.5. The van der Waals surface area contributed by atoms with Crippen molar-refractivity contribution in [1.82, 2.24) is 10.2 Å². The number of amides is 2. The van der Waals surface area contributed by atoms with Crippen molar-refractivity contribution in [3.63, 3.8) is 0 Å². The van der Waals surface area contributed by atoms with Crippen LogP contribution in [0.15, 0.2) is 108 Å². The molecule has 46 heavy (non-hydrogen) atoms. The number of sulfonamides is 1. The van der Waals surface area contributed by atoms with Crippen molar-refractivity contribution < 1.29 is 22.7 Å². The molecular weight excluding hydrogens is 622 g/mol. The lowest BCUT2D eigenvalue weighted by Gasteiger charge is -2.34. The van der Waals surface area contributed by atoms with Gasteiger partial charge in [0.15, 0.2) is 0 Å². The minimum atomic E-state index is -4.26. The predicted molar refractivity (Wildman–Crippen MR) is 183 cm³/mol. The van der Waals surface area contributed by atoms with Gasteiger partial charge in [-0.1, -0.05) is 90.8 Å². The Bertz CT molecular complexity index is 1730. The number of hydrogen-bond donors (Lipinski definition) is 1. The lowest BCUT2D eigenvalue weighted by molar-refractivity contribution is -0.140. The Morgan fingerprint density at radius 2 is 1.54 bits per heavy atom. The largest absolute Gasteiger partial charge is 0.495 e. The highest BCUT2D eigenvalue weighted by Gasteiger charge is 2.35. The lowest BCUT2D eigenvalue weighted by Crippen LogP contribution is -2.54. The molecular formula is C36H40ClN3O5S. The maximum atomic E-state index is 14.6. The molecule has 0 spiro atoms. The molecule has 4 aromatic carbocycles. The summed E-state index contributed by atoms with van der Waals surface area (Å²) in [6, 6.07) is 28.5.